The van der Waals surface area contributed by atoms with Crippen LogP contribution in [0.5, 0.6) is 0 Å². The molecule has 3 aromatic rings. The van der Waals surface area contributed by atoms with E-state index < -0.39 is 5.97 Å². The number of carbonyl (C=O) groups is 2. The second-order valence-corrected chi connectivity index (χ2v) is 10.2. The lowest BCUT2D eigenvalue weighted by Crippen LogP contribution is -2.50. The number of hydrogen-bond donors (Lipinski definition) is 4. The van der Waals surface area contributed by atoms with Crippen LogP contribution < -0.4 is 16.0 Å². The summed E-state index contributed by atoms with van der Waals surface area (Å²) in [5.41, 5.74) is 7.37. The number of aromatic amines is 1. The molecule has 0 aliphatic carbocycles. The van der Waals surface area contributed by atoms with Gasteiger partial charge in [0.15, 0.2) is 10.3 Å². The lowest BCUT2D eigenvalue weighted by atomic mass is 9.94. The molecule has 1 aliphatic heterocycles. The molecular formula is C19H20Cl2N6O3S2. The van der Waals surface area contributed by atoms with Gasteiger partial charge in [-0.25, -0.2) is 14.8 Å². The zero-order valence-corrected chi connectivity index (χ0v) is 20.3. The van der Waals surface area contributed by atoms with Gasteiger partial charge in [0, 0.05) is 30.2 Å². The molecule has 4 heterocycles. The highest BCUT2D eigenvalue weighted by Gasteiger charge is 2.31. The van der Waals surface area contributed by atoms with E-state index in [2.05, 4.69) is 20.3 Å². The van der Waals surface area contributed by atoms with Crippen LogP contribution in [-0.2, 0) is 0 Å². The predicted octanol–water partition coefficient (Wildman–Crippen LogP) is 4.14. The second kappa shape index (κ2) is 8.89. The number of carbonyl (C=O) groups excluding carboxylic acids is 1. The first-order chi connectivity index (χ1) is 15.2. The van der Waals surface area contributed by atoms with Crippen molar-refractivity contribution in [2.45, 2.75) is 26.3 Å². The maximum absolute atomic E-state index is 12.7. The minimum atomic E-state index is -1.05. The van der Waals surface area contributed by atoms with Crippen molar-refractivity contribution in [3.8, 4) is 11.4 Å². The maximum atomic E-state index is 12.7. The Labute approximate surface area is 201 Å². The minimum Gasteiger partial charge on any atom is -0.477 e. The van der Waals surface area contributed by atoms with Gasteiger partial charge in [-0.15, -0.1) is 11.3 Å². The largest absolute Gasteiger partial charge is 0.477 e. The van der Waals surface area contributed by atoms with Gasteiger partial charge in [-0.3, -0.25) is 4.79 Å². The van der Waals surface area contributed by atoms with Crippen molar-refractivity contribution in [1.82, 2.24) is 20.3 Å². The van der Waals surface area contributed by atoms with E-state index >= 15 is 0 Å². The third kappa shape index (κ3) is 4.29. The van der Waals surface area contributed by atoms with E-state index in [0.717, 1.165) is 11.3 Å². The number of aryl methyl sites for hydroxylation is 1. The molecule has 1 saturated heterocycles. The van der Waals surface area contributed by atoms with Crippen molar-refractivity contribution in [2.75, 3.05) is 23.7 Å². The van der Waals surface area contributed by atoms with E-state index in [1.165, 1.54) is 11.3 Å². The van der Waals surface area contributed by atoms with E-state index in [0.29, 0.717) is 51.9 Å². The zero-order valence-electron chi connectivity index (χ0n) is 17.1. The van der Waals surface area contributed by atoms with Crippen LogP contribution in [0.1, 0.15) is 39.2 Å². The fourth-order valence-electron chi connectivity index (χ4n) is 3.66. The SMILES string of the molecule is Cc1[nH]c(C(=O)N[C@@H]2CCN(c3nc(-c4csc(N)n4)c(C(=O)O)s3)C[C@@H]2C)c(Cl)c1Cl. The molecule has 0 aromatic carbocycles. The van der Waals surface area contributed by atoms with Crippen molar-refractivity contribution in [3.05, 3.63) is 31.7 Å². The number of piperidine rings is 1. The first kappa shape index (κ1) is 22.8. The molecule has 1 fully saturated rings. The number of carboxylic acid groups (broad SMARTS) is 1. The molecule has 170 valence electrons. The molecule has 0 radical (unpaired) electrons. The summed E-state index contributed by atoms with van der Waals surface area (Å²) in [7, 11) is 0. The van der Waals surface area contributed by atoms with Crippen LogP contribution in [0, 0.1) is 12.8 Å². The smallest absolute Gasteiger partial charge is 0.348 e. The molecule has 5 N–H and O–H groups in total. The molecular weight excluding hydrogens is 495 g/mol. The average Bonchev–Trinajstić information content (AvgIpc) is 3.44. The topological polar surface area (TPSA) is 137 Å². The predicted molar refractivity (Wildman–Crippen MR) is 127 cm³/mol. The van der Waals surface area contributed by atoms with Crippen molar-refractivity contribution < 1.29 is 14.7 Å². The zero-order chi connectivity index (χ0) is 23.2. The summed E-state index contributed by atoms with van der Waals surface area (Å²) < 4.78 is 0. The highest BCUT2D eigenvalue weighted by Crippen LogP contribution is 2.36. The summed E-state index contributed by atoms with van der Waals surface area (Å²) in [6.07, 6.45) is 0.666. The molecule has 2 atom stereocenters. The molecule has 13 heteroatoms. The van der Waals surface area contributed by atoms with Crippen molar-refractivity contribution >= 4 is 68.0 Å². The molecule has 0 unspecified atom stereocenters. The van der Waals surface area contributed by atoms with Gasteiger partial charge < -0.3 is 26.0 Å². The lowest BCUT2D eigenvalue weighted by molar-refractivity contribution is 0.0702. The Morgan fingerprint density at radius 1 is 1.34 bits per heavy atom. The average molecular weight is 515 g/mol. The van der Waals surface area contributed by atoms with Crippen LogP contribution in [0.25, 0.3) is 11.4 Å². The molecule has 4 rings (SSSR count). The van der Waals surface area contributed by atoms with Crippen molar-refractivity contribution in [3.63, 3.8) is 0 Å². The quantitative estimate of drug-likeness (QED) is 0.401. The molecule has 9 nitrogen and oxygen atoms in total. The van der Waals surface area contributed by atoms with E-state index in [1.54, 1.807) is 12.3 Å². The summed E-state index contributed by atoms with van der Waals surface area (Å²) in [5, 5.41) is 15.9. The number of thiazole rings is 2. The van der Waals surface area contributed by atoms with Gasteiger partial charge in [0.2, 0.25) is 0 Å². The molecule has 0 bridgehead atoms. The number of aromatic carboxylic acids is 1. The van der Waals surface area contributed by atoms with Crippen LogP contribution >= 0.6 is 45.9 Å². The number of rotatable bonds is 5. The number of nitrogens with two attached hydrogens (primary N) is 1. The van der Waals surface area contributed by atoms with E-state index in [1.807, 2.05) is 11.8 Å². The number of aromatic nitrogens is 3. The molecule has 0 saturated carbocycles. The third-order valence-electron chi connectivity index (χ3n) is 5.35. The van der Waals surface area contributed by atoms with Gasteiger partial charge in [0.05, 0.1) is 10.0 Å². The number of hydrogen-bond acceptors (Lipinski definition) is 8. The van der Waals surface area contributed by atoms with Crippen LogP contribution in [0.2, 0.25) is 10.0 Å². The monoisotopic (exact) mass is 514 g/mol. The van der Waals surface area contributed by atoms with Crippen molar-refractivity contribution in [1.29, 1.82) is 0 Å². The summed E-state index contributed by atoms with van der Waals surface area (Å²) >= 11 is 14.6. The highest BCUT2D eigenvalue weighted by atomic mass is 35.5. The first-order valence-corrected chi connectivity index (χ1v) is 12.2. The molecule has 32 heavy (non-hydrogen) atoms. The standard InChI is InChI=1S/C19H20Cl2N6O3S2/c1-7-5-27(4-3-9(7)24-16(28)14-12(21)11(20)8(2)23-14)19-26-13(15(32-19)17(29)30)10-6-31-18(22)25-10/h6-7,9,23H,3-5H2,1-2H3,(H2,22,25)(H,24,28)(H,29,30)/t7-,9+/m0/s1. The summed E-state index contributed by atoms with van der Waals surface area (Å²) in [4.78, 5) is 38.3. The summed E-state index contributed by atoms with van der Waals surface area (Å²) in [5.74, 6) is -1.27. The van der Waals surface area contributed by atoms with Gasteiger partial charge in [-0.2, -0.15) is 0 Å². The van der Waals surface area contributed by atoms with Crippen molar-refractivity contribution in [2.24, 2.45) is 5.92 Å². The Balaban J connectivity index is 1.48. The molecule has 1 amide bonds. The number of amides is 1. The van der Waals surface area contributed by atoms with Gasteiger partial charge in [-0.05, 0) is 19.3 Å². The normalized spacial score (nSPS) is 18.7. The second-order valence-electron chi connectivity index (χ2n) is 7.60. The number of H-pyrrole nitrogens is 1. The number of carboxylic acids is 1. The van der Waals surface area contributed by atoms with Crippen LogP contribution in [-0.4, -0.2) is 51.1 Å². The number of anilines is 2. The summed E-state index contributed by atoms with van der Waals surface area (Å²) in [6.45, 7) is 4.99. The third-order valence-corrected chi connectivity index (χ3v) is 8.07. The number of nitrogens with zero attached hydrogens (tertiary/aromatic N) is 3. The fraction of sp³-hybridized carbons (Fsp3) is 0.368. The van der Waals surface area contributed by atoms with E-state index in [4.69, 9.17) is 28.9 Å². The van der Waals surface area contributed by atoms with E-state index in [-0.39, 0.29) is 33.5 Å². The van der Waals surface area contributed by atoms with Gasteiger partial charge in [-0.1, -0.05) is 41.5 Å². The Hall–Kier alpha value is -2.34. The number of nitrogen functional groups attached to an aromatic ring is 1. The first-order valence-electron chi connectivity index (χ1n) is 9.70. The Kier molecular flexibility index (Phi) is 6.35. The van der Waals surface area contributed by atoms with Gasteiger partial charge >= 0.3 is 5.97 Å². The Bertz CT molecular complexity index is 1190. The van der Waals surface area contributed by atoms with Crippen LogP contribution in [0.4, 0.5) is 10.3 Å². The molecule has 0 spiro atoms. The van der Waals surface area contributed by atoms with Crippen LogP contribution in [0.15, 0.2) is 5.38 Å². The number of nitrogens with one attached hydrogen (secondary N) is 2. The van der Waals surface area contributed by atoms with Crippen LogP contribution in [0.3, 0.4) is 0 Å². The highest BCUT2D eigenvalue weighted by molar-refractivity contribution is 7.18. The van der Waals surface area contributed by atoms with Gasteiger partial charge in [0.25, 0.3) is 5.91 Å². The molecule has 1 aliphatic rings. The maximum Gasteiger partial charge on any atom is 0.348 e. The summed E-state index contributed by atoms with van der Waals surface area (Å²) in [6, 6.07) is -0.0751. The minimum absolute atomic E-state index is 0.0751. The Morgan fingerprint density at radius 2 is 2.09 bits per heavy atom. The Morgan fingerprint density at radius 3 is 2.66 bits per heavy atom. The molecule has 3 aromatic heterocycles. The fourth-order valence-corrected chi connectivity index (χ4v) is 5.57. The number of halogens is 2. The lowest BCUT2D eigenvalue weighted by Gasteiger charge is -2.37. The van der Waals surface area contributed by atoms with Gasteiger partial charge in [0.1, 0.15) is 22.0 Å². The van der Waals surface area contributed by atoms with E-state index in [9.17, 15) is 14.7 Å².